The zero-order valence-corrected chi connectivity index (χ0v) is 11.7. The summed E-state index contributed by atoms with van der Waals surface area (Å²) in [4.78, 5) is 0. The Hall–Kier alpha value is -0.460. The smallest absolute Gasteiger partial charge is 0.0915 e. The van der Waals surface area contributed by atoms with E-state index in [1.807, 2.05) is 7.11 Å². The molecule has 0 saturated carbocycles. The van der Waals surface area contributed by atoms with Crippen molar-refractivity contribution in [1.29, 1.82) is 0 Å². The van der Waals surface area contributed by atoms with E-state index in [1.54, 1.807) is 0 Å². The van der Waals surface area contributed by atoms with E-state index in [0.29, 0.717) is 0 Å². The molecular formula is C16H30O. The van der Waals surface area contributed by atoms with Gasteiger partial charge in [0.05, 0.1) is 12.9 Å². The number of allylic oxidation sites excluding steroid dienone is 2. The van der Waals surface area contributed by atoms with E-state index < -0.39 is 0 Å². The van der Waals surface area contributed by atoms with Crippen LogP contribution in [0.4, 0.5) is 0 Å². The molecule has 0 aromatic heterocycles. The molecule has 0 fully saturated rings. The standard InChI is InChI=1S/C16H30O/c1-17-16-14-12-10-8-6-4-2-3-5-7-9-11-13-15-16/h14H,2-13,15H2,1H3/b16-14-. The lowest BCUT2D eigenvalue weighted by Gasteiger charge is -2.06. The lowest BCUT2D eigenvalue weighted by Crippen LogP contribution is -1.88. The molecule has 0 radical (unpaired) electrons. The Balaban J connectivity index is 2.25. The van der Waals surface area contributed by atoms with E-state index >= 15 is 0 Å². The van der Waals surface area contributed by atoms with E-state index in [0.717, 1.165) is 6.42 Å². The van der Waals surface area contributed by atoms with Crippen LogP contribution in [0.3, 0.4) is 0 Å². The highest BCUT2D eigenvalue weighted by atomic mass is 16.5. The van der Waals surface area contributed by atoms with Gasteiger partial charge >= 0.3 is 0 Å². The van der Waals surface area contributed by atoms with Crippen LogP contribution in [-0.2, 0) is 4.74 Å². The molecule has 0 aromatic carbocycles. The largest absolute Gasteiger partial charge is 0.501 e. The molecule has 0 N–H and O–H groups in total. The number of hydrogen-bond donors (Lipinski definition) is 0. The highest BCUT2D eigenvalue weighted by Gasteiger charge is 1.99. The average Bonchev–Trinajstić information content (AvgIpc) is 2.36. The minimum atomic E-state index is 1.15. The third kappa shape index (κ3) is 8.29. The third-order valence-electron chi connectivity index (χ3n) is 3.76. The molecule has 1 aliphatic rings. The lowest BCUT2D eigenvalue weighted by atomic mass is 10.1. The fourth-order valence-electron chi connectivity index (χ4n) is 2.59. The SMILES string of the molecule is CO/C1=C\CCCCCCCCCCCCC1. The van der Waals surface area contributed by atoms with Gasteiger partial charge in [-0.1, -0.05) is 57.8 Å². The maximum atomic E-state index is 5.44. The second-order valence-electron chi connectivity index (χ2n) is 5.30. The Labute approximate surface area is 108 Å². The second kappa shape index (κ2) is 10.7. The molecule has 0 aromatic rings. The Kier molecular flexibility index (Phi) is 9.17. The first kappa shape index (κ1) is 14.6. The van der Waals surface area contributed by atoms with Crippen LogP contribution in [0.25, 0.3) is 0 Å². The molecule has 0 unspecified atom stereocenters. The summed E-state index contributed by atoms with van der Waals surface area (Å²) in [6.07, 6.45) is 20.2. The van der Waals surface area contributed by atoms with Gasteiger partial charge in [-0.25, -0.2) is 0 Å². The molecule has 1 aliphatic carbocycles. The van der Waals surface area contributed by atoms with Crippen LogP contribution in [0.2, 0.25) is 0 Å². The first-order valence-corrected chi connectivity index (χ1v) is 7.66. The maximum absolute atomic E-state index is 5.44. The quantitative estimate of drug-likeness (QED) is 0.577. The van der Waals surface area contributed by atoms with Crippen molar-refractivity contribution in [3.05, 3.63) is 11.8 Å². The van der Waals surface area contributed by atoms with E-state index in [4.69, 9.17) is 4.74 Å². The van der Waals surface area contributed by atoms with E-state index in [9.17, 15) is 0 Å². The molecule has 100 valence electrons. The summed E-state index contributed by atoms with van der Waals surface area (Å²) in [5.41, 5.74) is 0. The van der Waals surface area contributed by atoms with Crippen molar-refractivity contribution >= 4 is 0 Å². The van der Waals surface area contributed by atoms with E-state index in [2.05, 4.69) is 6.08 Å². The van der Waals surface area contributed by atoms with Crippen LogP contribution >= 0.6 is 0 Å². The minimum Gasteiger partial charge on any atom is -0.501 e. The van der Waals surface area contributed by atoms with Gasteiger partial charge in [-0.15, -0.1) is 0 Å². The van der Waals surface area contributed by atoms with Crippen LogP contribution in [0.5, 0.6) is 0 Å². The van der Waals surface area contributed by atoms with Gasteiger partial charge < -0.3 is 4.74 Å². The van der Waals surface area contributed by atoms with Gasteiger partial charge in [0.1, 0.15) is 0 Å². The Morgan fingerprint density at radius 1 is 0.706 bits per heavy atom. The fraction of sp³-hybridized carbons (Fsp3) is 0.875. The molecule has 0 spiro atoms. The molecule has 0 amide bonds. The molecule has 1 nitrogen and oxygen atoms in total. The Morgan fingerprint density at radius 3 is 1.71 bits per heavy atom. The van der Waals surface area contributed by atoms with Crippen molar-refractivity contribution < 1.29 is 4.74 Å². The zero-order valence-electron chi connectivity index (χ0n) is 11.7. The summed E-state index contributed by atoms with van der Waals surface area (Å²) in [5.74, 6) is 1.22. The van der Waals surface area contributed by atoms with Crippen LogP contribution in [-0.4, -0.2) is 7.11 Å². The van der Waals surface area contributed by atoms with Crippen LogP contribution < -0.4 is 0 Å². The first-order valence-electron chi connectivity index (χ1n) is 7.66. The number of ether oxygens (including phenoxy) is 1. The molecule has 0 bridgehead atoms. The van der Waals surface area contributed by atoms with Gasteiger partial charge in [-0.2, -0.15) is 0 Å². The summed E-state index contributed by atoms with van der Waals surface area (Å²) in [7, 11) is 1.82. The van der Waals surface area contributed by atoms with Crippen molar-refractivity contribution in [2.75, 3.05) is 7.11 Å². The summed E-state index contributed by atoms with van der Waals surface area (Å²) in [5, 5.41) is 0. The van der Waals surface area contributed by atoms with Gasteiger partial charge in [0.2, 0.25) is 0 Å². The summed E-state index contributed by atoms with van der Waals surface area (Å²) < 4.78 is 5.44. The molecule has 1 heteroatoms. The molecule has 0 aliphatic heterocycles. The van der Waals surface area contributed by atoms with Crippen molar-refractivity contribution in [2.24, 2.45) is 0 Å². The molecule has 0 heterocycles. The van der Waals surface area contributed by atoms with Crippen molar-refractivity contribution in [3.63, 3.8) is 0 Å². The molecule has 1 rings (SSSR count). The van der Waals surface area contributed by atoms with Crippen LogP contribution in [0.15, 0.2) is 11.8 Å². The van der Waals surface area contributed by atoms with Crippen LogP contribution in [0.1, 0.15) is 83.5 Å². The summed E-state index contributed by atoms with van der Waals surface area (Å²) in [6.45, 7) is 0. The highest BCUT2D eigenvalue weighted by Crippen LogP contribution is 2.16. The maximum Gasteiger partial charge on any atom is 0.0915 e. The van der Waals surface area contributed by atoms with E-state index in [1.165, 1.54) is 82.8 Å². The minimum absolute atomic E-state index is 1.15. The average molecular weight is 238 g/mol. The summed E-state index contributed by atoms with van der Waals surface area (Å²) in [6, 6.07) is 0. The Bertz CT molecular complexity index is 196. The molecular weight excluding hydrogens is 208 g/mol. The number of methoxy groups -OCH3 is 1. The molecule has 0 atom stereocenters. The predicted molar refractivity (Wildman–Crippen MR) is 75.1 cm³/mol. The summed E-state index contributed by atoms with van der Waals surface area (Å²) >= 11 is 0. The first-order chi connectivity index (χ1) is 8.43. The fourth-order valence-corrected chi connectivity index (χ4v) is 2.59. The zero-order chi connectivity index (χ0) is 12.2. The van der Waals surface area contributed by atoms with Gasteiger partial charge in [0.15, 0.2) is 0 Å². The molecule has 0 saturated heterocycles. The molecule has 17 heavy (non-hydrogen) atoms. The number of rotatable bonds is 1. The van der Waals surface area contributed by atoms with Gasteiger partial charge in [-0.05, 0) is 25.3 Å². The second-order valence-corrected chi connectivity index (χ2v) is 5.30. The third-order valence-corrected chi connectivity index (χ3v) is 3.76. The predicted octanol–water partition coefficient (Wildman–Crippen LogP) is 5.60. The Morgan fingerprint density at radius 2 is 1.18 bits per heavy atom. The lowest BCUT2D eigenvalue weighted by molar-refractivity contribution is 0.271. The van der Waals surface area contributed by atoms with Crippen molar-refractivity contribution in [1.82, 2.24) is 0 Å². The van der Waals surface area contributed by atoms with E-state index in [-0.39, 0.29) is 0 Å². The normalized spacial score (nSPS) is 25.1. The number of hydrogen-bond acceptors (Lipinski definition) is 1. The van der Waals surface area contributed by atoms with Gasteiger partial charge in [0, 0.05) is 6.42 Å². The van der Waals surface area contributed by atoms with Crippen molar-refractivity contribution in [2.45, 2.75) is 83.5 Å². The van der Waals surface area contributed by atoms with Gasteiger partial charge in [-0.3, -0.25) is 0 Å². The van der Waals surface area contributed by atoms with Crippen LogP contribution in [0, 0.1) is 0 Å². The monoisotopic (exact) mass is 238 g/mol. The van der Waals surface area contributed by atoms with Crippen molar-refractivity contribution in [3.8, 4) is 0 Å². The topological polar surface area (TPSA) is 9.23 Å². The highest BCUT2D eigenvalue weighted by molar-refractivity contribution is 4.92. The van der Waals surface area contributed by atoms with Gasteiger partial charge in [0.25, 0.3) is 0 Å².